The molecule has 2 aromatic carbocycles. The van der Waals surface area contributed by atoms with Crippen molar-refractivity contribution in [3.05, 3.63) is 83.9 Å². The van der Waals surface area contributed by atoms with Crippen LogP contribution in [-0.4, -0.2) is 15.7 Å². The smallest absolute Gasteiger partial charge is 0.228 e. The minimum atomic E-state index is -0.255. The Labute approximate surface area is 145 Å². The number of carbonyl (C=O) groups is 1. The normalized spacial score (nSPS) is 18.8. The van der Waals surface area contributed by atoms with Crippen molar-refractivity contribution in [2.24, 2.45) is 5.92 Å². The van der Waals surface area contributed by atoms with E-state index in [0.29, 0.717) is 18.2 Å². The summed E-state index contributed by atoms with van der Waals surface area (Å²) in [7, 11) is 0. The highest BCUT2D eigenvalue weighted by molar-refractivity contribution is 5.95. The van der Waals surface area contributed by atoms with Crippen molar-refractivity contribution in [3.63, 3.8) is 0 Å². The summed E-state index contributed by atoms with van der Waals surface area (Å²) in [5.41, 5.74) is 2.86. The fraction of sp³-hybridized carbons (Fsp3) is 0.200. The molecule has 4 nitrogen and oxygen atoms in total. The van der Waals surface area contributed by atoms with Crippen LogP contribution >= 0.6 is 0 Å². The molecule has 3 aromatic rings. The largest absolute Gasteiger partial charge is 0.323 e. The molecule has 2 atom stereocenters. The first kappa shape index (κ1) is 15.6. The minimum Gasteiger partial charge on any atom is -0.323 e. The number of aromatic nitrogens is 2. The number of anilines is 1. The maximum atomic E-state index is 12.9. The number of benzene rings is 2. The average Bonchev–Trinajstić information content (AvgIpc) is 3.33. The molecule has 0 radical (unpaired) electrons. The van der Waals surface area contributed by atoms with Crippen molar-refractivity contribution < 1.29 is 9.18 Å². The molecular formula is C20H18FN3O. The molecule has 126 valence electrons. The molecular weight excluding hydrogens is 317 g/mol. The molecule has 5 heteroatoms. The Morgan fingerprint density at radius 2 is 1.92 bits per heavy atom. The van der Waals surface area contributed by atoms with Gasteiger partial charge in [0.15, 0.2) is 0 Å². The van der Waals surface area contributed by atoms with Crippen LogP contribution in [0, 0.1) is 11.7 Å². The highest BCUT2D eigenvalue weighted by atomic mass is 19.1. The second-order valence-electron chi connectivity index (χ2n) is 6.40. The lowest BCUT2D eigenvalue weighted by Gasteiger charge is -2.03. The maximum absolute atomic E-state index is 12.9. The first-order valence-corrected chi connectivity index (χ1v) is 8.32. The summed E-state index contributed by atoms with van der Waals surface area (Å²) in [4.78, 5) is 12.4. The molecule has 4 rings (SSSR count). The van der Waals surface area contributed by atoms with Crippen LogP contribution in [0.4, 0.5) is 10.1 Å². The second-order valence-corrected chi connectivity index (χ2v) is 6.40. The number of nitrogens with zero attached hydrogens (tertiary/aromatic N) is 2. The Morgan fingerprint density at radius 3 is 2.68 bits per heavy atom. The zero-order chi connectivity index (χ0) is 17.2. The quantitative estimate of drug-likeness (QED) is 0.771. The topological polar surface area (TPSA) is 46.9 Å². The number of hydrogen-bond donors (Lipinski definition) is 1. The van der Waals surface area contributed by atoms with Gasteiger partial charge < -0.3 is 5.32 Å². The van der Waals surface area contributed by atoms with Gasteiger partial charge in [0.25, 0.3) is 0 Å². The third-order valence-electron chi connectivity index (χ3n) is 4.51. The molecule has 0 unspecified atom stereocenters. The van der Waals surface area contributed by atoms with Gasteiger partial charge in [-0.15, -0.1) is 0 Å². The molecule has 1 amide bonds. The standard InChI is InChI=1S/C20H18FN3O/c21-16-8-6-14(7-9-16)12-24-13-17(11-22-24)23-20(25)19-10-18(19)15-4-2-1-3-5-15/h1-9,11,13,18-19H,10,12H2,(H,23,25)/t18-,19-/m0/s1. The average molecular weight is 335 g/mol. The van der Waals surface area contributed by atoms with Crippen molar-refractivity contribution in [2.75, 3.05) is 5.32 Å². The molecule has 1 heterocycles. The SMILES string of the molecule is O=C(Nc1cnn(Cc2ccc(F)cc2)c1)[C@H]1C[C@H]1c1ccccc1. The van der Waals surface area contributed by atoms with Gasteiger partial charge in [-0.2, -0.15) is 5.10 Å². The lowest BCUT2D eigenvalue weighted by atomic mass is 10.1. The van der Waals surface area contributed by atoms with Gasteiger partial charge in [0.05, 0.1) is 18.4 Å². The molecule has 0 bridgehead atoms. The van der Waals surface area contributed by atoms with Crippen LogP contribution in [0.15, 0.2) is 67.0 Å². The van der Waals surface area contributed by atoms with Gasteiger partial charge in [-0.25, -0.2) is 4.39 Å². The summed E-state index contributed by atoms with van der Waals surface area (Å²) >= 11 is 0. The van der Waals surface area contributed by atoms with E-state index in [9.17, 15) is 9.18 Å². The predicted molar refractivity (Wildman–Crippen MR) is 93.6 cm³/mol. The van der Waals surface area contributed by atoms with E-state index < -0.39 is 0 Å². The van der Waals surface area contributed by atoms with E-state index in [-0.39, 0.29) is 17.6 Å². The summed E-state index contributed by atoms with van der Waals surface area (Å²) in [6, 6.07) is 16.4. The van der Waals surface area contributed by atoms with Gasteiger partial charge in [0, 0.05) is 12.1 Å². The van der Waals surface area contributed by atoms with Gasteiger partial charge in [0.2, 0.25) is 5.91 Å². The third kappa shape index (κ3) is 3.60. The highest BCUT2D eigenvalue weighted by Crippen LogP contribution is 2.47. The molecule has 0 spiro atoms. The summed E-state index contributed by atoms with van der Waals surface area (Å²) in [5.74, 6) is 0.128. The minimum absolute atomic E-state index is 0.0304. The van der Waals surface area contributed by atoms with Gasteiger partial charge in [-0.1, -0.05) is 42.5 Å². The first-order valence-electron chi connectivity index (χ1n) is 8.32. The Morgan fingerprint density at radius 1 is 1.16 bits per heavy atom. The molecule has 0 saturated heterocycles. The number of hydrogen-bond acceptors (Lipinski definition) is 2. The number of amides is 1. The summed E-state index contributed by atoms with van der Waals surface area (Å²) in [5, 5.41) is 7.19. The maximum Gasteiger partial charge on any atom is 0.228 e. The number of nitrogens with one attached hydrogen (secondary N) is 1. The van der Waals surface area contributed by atoms with Gasteiger partial charge in [-0.3, -0.25) is 9.48 Å². The van der Waals surface area contributed by atoms with Crippen molar-refractivity contribution in [3.8, 4) is 0 Å². The van der Waals surface area contributed by atoms with E-state index in [4.69, 9.17) is 0 Å². The monoisotopic (exact) mass is 335 g/mol. The fourth-order valence-corrected chi connectivity index (χ4v) is 3.08. The predicted octanol–water partition coefficient (Wildman–Crippen LogP) is 3.81. The Kier molecular flexibility index (Phi) is 4.06. The van der Waals surface area contributed by atoms with Crippen LogP contribution < -0.4 is 5.32 Å². The molecule has 1 aliphatic carbocycles. The Hall–Kier alpha value is -2.95. The Balaban J connectivity index is 1.35. The zero-order valence-electron chi connectivity index (χ0n) is 13.6. The van der Waals surface area contributed by atoms with E-state index in [1.54, 1.807) is 29.2 Å². The van der Waals surface area contributed by atoms with Gasteiger partial charge >= 0.3 is 0 Å². The van der Waals surface area contributed by atoms with Crippen LogP contribution in [0.5, 0.6) is 0 Å². The van der Waals surface area contributed by atoms with Gasteiger partial charge in [-0.05, 0) is 35.6 Å². The van der Waals surface area contributed by atoms with Crippen LogP contribution in [-0.2, 0) is 11.3 Å². The molecule has 1 N–H and O–H groups in total. The summed E-state index contributed by atoms with van der Waals surface area (Å²) in [6.07, 6.45) is 4.32. The van der Waals surface area contributed by atoms with E-state index in [2.05, 4.69) is 22.5 Å². The molecule has 0 aliphatic heterocycles. The van der Waals surface area contributed by atoms with E-state index in [1.807, 2.05) is 18.2 Å². The molecule has 1 aromatic heterocycles. The number of halogens is 1. The molecule has 1 aliphatic rings. The molecule has 1 saturated carbocycles. The van der Waals surface area contributed by atoms with Crippen LogP contribution in [0.3, 0.4) is 0 Å². The van der Waals surface area contributed by atoms with Crippen LogP contribution in [0.2, 0.25) is 0 Å². The second kappa shape index (κ2) is 6.51. The fourth-order valence-electron chi connectivity index (χ4n) is 3.08. The van der Waals surface area contributed by atoms with Crippen molar-refractivity contribution >= 4 is 11.6 Å². The number of rotatable bonds is 5. The lowest BCUT2D eigenvalue weighted by molar-refractivity contribution is -0.117. The molecule has 25 heavy (non-hydrogen) atoms. The zero-order valence-corrected chi connectivity index (χ0v) is 13.6. The van der Waals surface area contributed by atoms with Gasteiger partial charge in [0.1, 0.15) is 5.82 Å². The van der Waals surface area contributed by atoms with Crippen LogP contribution in [0.1, 0.15) is 23.5 Å². The highest BCUT2D eigenvalue weighted by Gasteiger charge is 2.43. The third-order valence-corrected chi connectivity index (χ3v) is 4.51. The van der Waals surface area contributed by atoms with E-state index >= 15 is 0 Å². The first-order chi connectivity index (χ1) is 12.2. The Bertz CT molecular complexity index is 873. The number of carbonyl (C=O) groups excluding carboxylic acids is 1. The van der Waals surface area contributed by atoms with E-state index in [0.717, 1.165) is 12.0 Å². The summed E-state index contributed by atoms with van der Waals surface area (Å²) in [6.45, 7) is 0.534. The van der Waals surface area contributed by atoms with Crippen LogP contribution in [0.25, 0.3) is 0 Å². The van der Waals surface area contributed by atoms with Crippen molar-refractivity contribution in [2.45, 2.75) is 18.9 Å². The van der Waals surface area contributed by atoms with Crippen molar-refractivity contribution in [1.29, 1.82) is 0 Å². The summed E-state index contributed by atoms with van der Waals surface area (Å²) < 4.78 is 14.7. The lowest BCUT2D eigenvalue weighted by Crippen LogP contribution is -2.14. The molecule has 1 fully saturated rings. The van der Waals surface area contributed by atoms with E-state index in [1.165, 1.54) is 17.7 Å². The van der Waals surface area contributed by atoms with Crippen molar-refractivity contribution in [1.82, 2.24) is 9.78 Å².